The van der Waals surface area contributed by atoms with Gasteiger partial charge < -0.3 is 20.1 Å². The SMILES string of the molecule is COc1ccc(CNC(=O)C(=O)NCC(C)(OC)c2cccc(Cl)c2)cc1. The van der Waals surface area contributed by atoms with Gasteiger partial charge in [-0.15, -0.1) is 0 Å². The number of hydrogen-bond donors (Lipinski definition) is 2. The lowest BCUT2D eigenvalue weighted by Crippen LogP contribution is -2.45. The van der Waals surface area contributed by atoms with E-state index < -0.39 is 17.4 Å². The van der Waals surface area contributed by atoms with Crippen LogP contribution in [0.15, 0.2) is 48.5 Å². The van der Waals surface area contributed by atoms with Crippen LogP contribution < -0.4 is 15.4 Å². The lowest BCUT2D eigenvalue weighted by Gasteiger charge is -2.29. The van der Waals surface area contributed by atoms with Gasteiger partial charge in [-0.2, -0.15) is 0 Å². The fraction of sp³-hybridized carbons (Fsp3) is 0.300. The van der Waals surface area contributed by atoms with E-state index in [4.69, 9.17) is 21.1 Å². The van der Waals surface area contributed by atoms with Crippen molar-refractivity contribution in [3.8, 4) is 5.75 Å². The summed E-state index contributed by atoms with van der Waals surface area (Å²) in [5.74, 6) is -0.716. The van der Waals surface area contributed by atoms with Crippen LogP contribution in [0.5, 0.6) is 5.75 Å². The van der Waals surface area contributed by atoms with Gasteiger partial charge in [-0.25, -0.2) is 0 Å². The second-order valence-electron chi connectivity index (χ2n) is 6.16. The molecule has 0 aliphatic heterocycles. The summed E-state index contributed by atoms with van der Waals surface area (Å²) in [7, 11) is 3.12. The zero-order valence-corrected chi connectivity index (χ0v) is 16.3. The van der Waals surface area contributed by atoms with Crippen molar-refractivity contribution in [3.63, 3.8) is 0 Å². The van der Waals surface area contributed by atoms with Crippen molar-refractivity contribution < 1.29 is 19.1 Å². The number of hydrogen-bond acceptors (Lipinski definition) is 4. The summed E-state index contributed by atoms with van der Waals surface area (Å²) in [6.07, 6.45) is 0. The molecule has 27 heavy (non-hydrogen) atoms. The highest BCUT2D eigenvalue weighted by molar-refractivity contribution is 6.35. The van der Waals surface area contributed by atoms with Gasteiger partial charge in [0.2, 0.25) is 0 Å². The van der Waals surface area contributed by atoms with Gasteiger partial charge in [0, 0.05) is 18.7 Å². The van der Waals surface area contributed by atoms with E-state index in [1.807, 2.05) is 25.1 Å². The Balaban J connectivity index is 1.90. The maximum Gasteiger partial charge on any atom is 0.309 e. The largest absolute Gasteiger partial charge is 0.497 e. The molecule has 0 fully saturated rings. The van der Waals surface area contributed by atoms with E-state index >= 15 is 0 Å². The van der Waals surface area contributed by atoms with Crippen molar-refractivity contribution in [1.29, 1.82) is 0 Å². The highest BCUT2D eigenvalue weighted by Crippen LogP contribution is 2.26. The second-order valence-corrected chi connectivity index (χ2v) is 6.60. The molecule has 2 rings (SSSR count). The second kappa shape index (κ2) is 9.39. The molecule has 0 saturated heterocycles. The molecule has 0 heterocycles. The summed E-state index contributed by atoms with van der Waals surface area (Å²) >= 11 is 6.02. The van der Waals surface area contributed by atoms with Gasteiger partial charge in [0.15, 0.2) is 0 Å². The highest BCUT2D eigenvalue weighted by Gasteiger charge is 2.28. The van der Waals surface area contributed by atoms with E-state index in [1.54, 1.807) is 37.4 Å². The van der Waals surface area contributed by atoms with Crippen LogP contribution in [0, 0.1) is 0 Å². The molecule has 2 aromatic carbocycles. The number of halogens is 1. The molecule has 1 atom stereocenters. The Morgan fingerprint density at radius 2 is 1.70 bits per heavy atom. The predicted molar refractivity (Wildman–Crippen MR) is 104 cm³/mol. The maximum absolute atomic E-state index is 12.1. The Hall–Kier alpha value is -2.57. The minimum atomic E-state index is -0.809. The van der Waals surface area contributed by atoms with E-state index in [2.05, 4.69) is 10.6 Å². The van der Waals surface area contributed by atoms with Crippen molar-refractivity contribution in [2.45, 2.75) is 19.1 Å². The van der Waals surface area contributed by atoms with Crippen molar-refractivity contribution in [2.24, 2.45) is 0 Å². The zero-order valence-electron chi connectivity index (χ0n) is 15.5. The van der Waals surface area contributed by atoms with Crippen LogP contribution in [0.4, 0.5) is 0 Å². The average molecular weight is 391 g/mol. The number of carbonyl (C=O) groups excluding carboxylic acids is 2. The van der Waals surface area contributed by atoms with Gasteiger partial charge >= 0.3 is 11.8 Å². The highest BCUT2D eigenvalue weighted by atomic mass is 35.5. The molecule has 2 amide bonds. The van der Waals surface area contributed by atoms with Crippen molar-refractivity contribution >= 4 is 23.4 Å². The first kappa shape index (κ1) is 20.7. The first-order chi connectivity index (χ1) is 12.9. The molecule has 2 aromatic rings. The summed E-state index contributed by atoms with van der Waals surface area (Å²) < 4.78 is 10.6. The van der Waals surface area contributed by atoms with Crippen molar-refractivity contribution in [2.75, 3.05) is 20.8 Å². The minimum absolute atomic E-state index is 0.124. The summed E-state index contributed by atoms with van der Waals surface area (Å²) in [5.41, 5.74) is 0.852. The van der Waals surface area contributed by atoms with Crippen LogP contribution in [0.3, 0.4) is 0 Å². The lowest BCUT2D eigenvalue weighted by molar-refractivity contribution is -0.140. The molecule has 0 radical (unpaired) electrons. The third-order valence-electron chi connectivity index (χ3n) is 4.29. The lowest BCUT2D eigenvalue weighted by atomic mass is 9.95. The number of amides is 2. The van der Waals surface area contributed by atoms with Crippen molar-refractivity contribution in [3.05, 3.63) is 64.7 Å². The van der Waals surface area contributed by atoms with Crippen LogP contribution in [0.25, 0.3) is 0 Å². The van der Waals surface area contributed by atoms with Gasteiger partial charge in [0.25, 0.3) is 0 Å². The fourth-order valence-corrected chi connectivity index (χ4v) is 2.64. The smallest absolute Gasteiger partial charge is 0.309 e. The van der Waals surface area contributed by atoms with E-state index in [9.17, 15) is 9.59 Å². The van der Waals surface area contributed by atoms with E-state index in [0.29, 0.717) is 5.02 Å². The molecular formula is C20H23ClN2O4. The molecule has 0 aliphatic carbocycles. The Labute approximate surface area is 163 Å². The van der Waals surface area contributed by atoms with Crippen LogP contribution in [-0.2, 0) is 26.5 Å². The van der Waals surface area contributed by atoms with Gasteiger partial charge in [0.05, 0.1) is 13.7 Å². The molecule has 0 spiro atoms. The molecule has 0 bridgehead atoms. The van der Waals surface area contributed by atoms with Crippen LogP contribution >= 0.6 is 11.6 Å². The first-order valence-electron chi connectivity index (χ1n) is 8.38. The predicted octanol–water partition coefficient (Wildman–Crippen LogP) is 2.64. The molecule has 1 unspecified atom stereocenters. The Bertz CT molecular complexity index is 795. The average Bonchev–Trinajstić information content (AvgIpc) is 2.70. The molecule has 0 aliphatic rings. The standard InChI is InChI=1S/C20H23ClN2O4/c1-20(27-3,15-5-4-6-16(21)11-15)13-23-19(25)18(24)22-12-14-7-9-17(26-2)10-8-14/h4-11H,12-13H2,1-3H3,(H,22,24)(H,23,25). The molecule has 0 saturated carbocycles. The maximum atomic E-state index is 12.1. The monoisotopic (exact) mass is 390 g/mol. The molecule has 7 heteroatoms. The van der Waals surface area contributed by atoms with E-state index in [-0.39, 0.29) is 13.1 Å². The summed E-state index contributed by atoms with van der Waals surface area (Å²) in [6, 6.07) is 14.4. The Morgan fingerprint density at radius 1 is 1.04 bits per heavy atom. The molecule has 2 N–H and O–H groups in total. The molecule has 6 nitrogen and oxygen atoms in total. The van der Waals surface area contributed by atoms with Gasteiger partial charge in [-0.1, -0.05) is 35.9 Å². The normalized spacial score (nSPS) is 12.7. The fourth-order valence-electron chi connectivity index (χ4n) is 2.44. The number of rotatable bonds is 7. The minimum Gasteiger partial charge on any atom is -0.497 e. The number of methoxy groups -OCH3 is 2. The van der Waals surface area contributed by atoms with Crippen LogP contribution in [0.2, 0.25) is 5.02 Å². The number of nitrogens with one attached hydrogen (secondary N) is 2. The molecule has 0 aromatic heterocycles. The van der Waals surface area contributed by atoms with Gasteiger partial charge in [0.1, 0.15) is 11.4 Å². The summed E-state index contributed by atoms with van der Waals surface area (Å²) in [5, 5.41) is 5.76. The Morgan fingerprint density at radius 3 is 2.30 bits per heavy atom. The van der Waals surface area contributed by atoms with Gasteiger partial charge in [-0.05, 0) is 42.3 Å². The number of benzene rings is 2. The first-order valence-corrected chi connectivity index (χ1v) is 8.76. The topological polar surface area (TPSA) is 76.7 Å². The third kappa shape index (κ3) is 5.70. The quantitative estimate of drug-likeness (QED) is 0.712. The van der Waals surface area contributed by atoms with E-state index in [1.165, 1.54) is 7.11 Å². The molecule has 144 valence electrons. The van der Waals surface area contributed by atoms with E-state index in [0.717, 1.165) is 16.9 Å². The number of carbonyl (C=O) groups is 2. The third-order valence-corrected chi connectivity index (χ3v) is 4.53. The Kier molecular flexibility index (Phi) is 7.21. The van der Waals surface area contributed by atoms with Gasteiger partial charge in [-0.3, -0.25) is 9.59 Å². The summed E-state index contributed by atoms with van der Waals surface area (Å²) in [4.78, 5) is 24.1. The zero-order chi connectivity index (χ0) is 19.9. The summed E-state index contributed by atoms with van der Waals surface area (Å²) in [6.45, 7) is 2.18. The van der Waals surface area contributed by atoms with Crippen LogP contribution in [0.1, 0.15) is 18.1 Å². The molecular weight excluding hydrogens is 368 g/mol. The van der Waals surface area contributed by atoms with Crippen molar-refractivity contribution in [1.82, 2.24) is 10.6 Å². The van der Waals surface area contributed by atoms with Crippen LogP contribution in [-0.4, -0.2) is 32.6 Å². The number of ether oxygens (including phenoxy) is 2.